The molecule has 9 heteroatoms. The normalized spacial score (nSPS) is 14.6. The summed E-state index contributed by atoms with van der Waals surface area (Å²) in [5, 5.41) is 5.31. The average Bonchev–Trinajstić information content (AvgIpc) is 2.41. The van der Waals surface area contributed by atoms with Crippen LogP contribution in [0.15, 0.2) is 6.07 Å². The van der Waals surface area contributed by atoms with Crippen LogP contribution in [0.5, 0.6) is 0 Å². The first-order chi connectivity index (χ1) is 9.74. The Labute approximate surface area is 124 Å². The number of aromatic nitrogens is 2. The molecule has 0 aromatic carbocycles. The van der Waals surface area contributed by atoms with E-state index in [0.29, 0.717) is 6.54 Å². The third kappa shape index (κ3) is 5.86. The van der Waals surface area contributed by atoms with Crippen LogP contribution in [0.25, 0.3) is 0 Å². The second-order valence-electron chi connectivity index (χ2n) is 4.58. The minimum absolute atomic E-state index is 0.0632. The van der Waals surface area contributed by atoms with Gasteiger partial charge in [0.25, 0.3) is 0 Å². The summed E-state index contributed by atoms with van der Waals surface area (Å²) in [7, 11) is -1.06. The molecular weight excluding hydrogens is 305 g/mol. The molecule has 0 fully saturated rings. The van der Waals surface area contributed by atoms with Crippen molar-refractivity contribution in [1.29, 1.82) is 0 Å². The fourth-order valence-corrected chi connectivity index (χ4v) is 1.68. The summed E-state index contributed by atoms with van der Waals surface area (Å²) in [4.78, 5) is 7.44. The van der Waals surface area contributed by atoms with Crippen molar-refractivity contribution >= 4 is 22.6 Å². The molecule has 2 atom stereocenters. The number of nitrogens with one attached hydrogen (secondary N) is 2. The zero-order valence-electron chi connectivity index (χ0n) is 12.1. The Morgan fingerprint density at radius 1 is 1.33 bits per heavy atom. The highest BCUT2D eigenvalue weighted by Crippen LogP contribution is 2.29. The third-order valence-electron chi connectivity index (χ3n) is 2.69. The molecule has 5 nitrogen and oxygen atoms in total. The van der Waals surface area contributed by atoms with E-state index in [-0.39, 0.29) is 23.6 Å². The molecule has 1 rings (SSSR count). The fourth-order valence-electron chi connectivity index (χ4n) is 1.36. The zero-order chi connectivity index (χ0) is 16.0. The number of rotatable bonds is 7. The van der Waals surface area contributed by atoms with Crippen LogP contribution in [0.2, 0.25) is 0 Å². The van der Waals surface area contributed by atoms with Crippen molar-refractivity contribution in [2.75, 3.05) is 30.0 Å². The Hall–Kier alpha value is -1.38. The van der Waals surface area contributed by atoms with E-state index in [1.54, 1.807) is 13.2 Å². The van der Waals surface area contributed by atoms with Crippen LogP contribution in [0.4, 0.5) is 24.9 Å². The van der Waals surface area contributed by atoms with E-state index in [1.165, 1.54) is 0 Å². The first kappa shape index (κ1) is 17.7. The van der Waals surface area contributed by atoms with Crippen LogP contribution in [0.1, 0.15) is 26.0 Å². The highest BCUT2D eigenvalue weighted by atomic mass is 32.2. The smallest absolute Gasteiger partial charge is 0.369 e. The van der Waals surface area contributed by atoms with Crippen molar-refractivity contribution < 1.29 is 17.4 Å². The Balaban J connectivity index is 2.93. The summed E-state index contributed by atoms with van der Waals surface area (Å²) in [6, 6.07) is 0.850. The van der Waals surface area contributed by atoms with Crippen molar-refractivity contribution in [3.8, 4) is 0 Å². The summed E-state index contributed by atoms with van der Waals surface area (Å²) in [6.07, 6.45) is -2.25. The largest absolute Gasteiger partial charge is 0.433 e. The van der Waals surface area contributed by atoms with Crippen LogP contribution in [-0.4, -0.2) is 38.8 Å². The van der Waals surface area contributed by atoms with Crippen molar-refractivity contribution in [2.45, 2.75) is 31.7 Å². The van der Waals surface area contributed by atoms with Crippen LogP contribution >= 0.6 is 0 Å². The summed E-state index contributed by atoms with van der Waals surface area (Å²) < 4.78 is 49.7. The van der Waals surface area contributed by atoms with Gasteiger partial charge in [0.2, 0.25) is 5.95 Å². The van der Waals surface area contributed by atoms with E-state index in [2.05, 4.69) is 20.6 Å². The van der Waals surface area contributed by atoms with Crippen molar-refractivity contribution in [3.63, 3.8) is 0 Å². The van der Waals surface area contributed by atoms with Gasteiger partial charge in [-0.15, -0.1) is 0 Å². The molecule has 2 unspecified atom stereocenters. The van der Waals surface area contributed by atoms with Crippen LogP contribution < -0.4 is 10.6 Å². The van der Waals surface area contributed by atoms with Gasteiger partial charge in [0.1, 0.15) is 5.82 Å². The maximum Gasteiger partial charge on any atom is 0.433 e. The highest BCUT2D eigenvalue weighted by Gasteiger charge is 2.33. The molecule has 0 aliphatic rings. The van der Waals surface area contributed by atoms with Gasteiger partial charge in [0, 0.05) is 41.5 Å². The lowest BCUT2D eigenvalue weighted by molar-refractivity contribution is -0.141. The number of halogens is 3. The average molecular weight is 324 g/mol. The lowest BCUT2D eigenvalue weighted by Gasteiger charge is -2.14. The van der Waals surface area contributed by atoms with Gasteiger partial charge >= 0.3 is 6.18 Å². The molecule has 0 amide bonds. The summed E-state index contributed by atoms with van der Waals surface area (Å²) in [5.74, 6) is -0.00678. The van der Waals surface area contributed by atoms with Crippen LogP contribution in [0.3, 0.4) is 0 Å². The SMILES string of the molecule is CCCNc1nc(NCC(C)S(C)=O)cc(C(F)(F)F)n1. The molecular formula is C12H19F3N4OS. The lowest BCUT2D eigenvalue weighted by Crippen LogP contribution is -2.22. The number of anilines is 2. The minimum Gasteiger partial charge on any atom is -0.369 e. The molecule has 0 radical (unpaired) electrons. The lowest BCUT2D eigenvalue weighted by atomic mass is 10.3. The number of alkyl halides is 3. The van der Waals surface area contributed by atoms with E-state index in [9.17, 15) is 17.4 Å². The molecule has 0 aliphatic carbocycles. The van der Waals surface area contributed by atoms with Crippen molar-refractivity contribution in [2.24, 2.45) is 0 Å². The quantitative estimate of drug-likeness (QED) is 0.807. The van der Waals surface area contributed by atoms with Gasteiger partial charge in [-0.1, -0.05) is 6.92 Å². The van der Waals surface area contributed by atoms with E-state index in [1.807, 2.05) is 6.92 Å². The second kappa shape index (κ2) is 7.58. The zero-order valence-corrected chi connectivity index (χ0v) is 12.9. The maximum absolute atomic E-state index is 12.8. The Morgan fingerprint density at radius 2 is 2.00 bits per heavy atom. The van der Waals surface area contributed by atoms with E-state index >= 15 is 0 Å². The molecule has 1 aromatic rings. The van der Waals surface area contributed by atoms with E-state index in [4.69, 9.17) is 0 Å². The van der Waals surface area contributed by atoms with Gasteiger partial charge in [0.15, 0.2) is 5.69 Å². The molecule has 1 aromatic heterocycles. The monoisotopic (exact) mass is 324 g/mol. The summed E-state index contributed by atoms with van der Waals surface area (Å²) in [5.41, 5.74) is -1.01. The van der Waals surface area contributed by atoms with Gasteiger partial charge < -0.3 is 10.6 Å². The molecule has 0 saturated heterocycles. The molecule has 0 saturated carbocycles. The predicted molar refractivity (Wildman–Crippen MR) is 77.8 cm³/mol. The summed E-state index contributed by atoms with van der Waals surface area (Å²) >= 11 is 0. The number of hydrogen-bond donors (Lipinski definition) is 2. The standard InChI is InChI=1S/C12H19F3N4OS/c1-4-5-16-11-18-9(12(13,14)15)6-10(19-11)17-7-8(2)21(3)20/h6,8H,4-5,7H2,1-3H3,(H2,16,17,18,19). The van der Waals surface area contributed by atoms with E-state index < -0.39 is 22.7 Å². The Bertz CT molecular complexity index is 496. The Morgan fingerprint density at radius 3 is 2.52 bits per heavy atom. The van der Waals surface area contributed by atoms with Crippen molar-refractivity contribution in [3.05, 3.63) is 11.8 Å². The first-order valence-corrected chi connectivity index (χ1v) is 8.12. The maximum atomic E-state index is 12.8. The van der Waals surface area contributed by atoms with Gasteiger partial charge in [-0.2, -0.15) is 18.2 Å². The Kier molecular flexibility index (Phi) is 6.38. The van der Waals surface area contributed by atoms with E-state index in [0.717, 1.165) is 12.5 Å². The summed E-state index contributed by atoms with van der Waals surface area (Å²) in [6.45, 7) is 4.38. The minimum atomic E-state index is -4.54. The van der Waals surface area contributed by atoms with Gasteiger partial charge in [-0.25, -0.2) is 4.98 Å². The van der Waals surface area contributed by atoms with Crippen molar-refractivity contribution in [1.82, 2.24) is 9.97 Å². The fraction of sp³-hybridized carbons (Fsp3) is 0.667. The first-order valence-electron chi connectivity index (χ1n) is 6.50. The number of nitrogens with zero attached hydrogens (tertiary/aromatic N) is 2. The topological polar surface area (TPSA) is 66.9 Å². The van der Waals surface area contributed by atoms with Crippen LogP contribution in [0, 0.1) is 0 Å². The van der Waals surface area contributed by atoms with Gasteiger partial charge in [-0.05, 0) is 13.3 Å². The third-order valence-corrected chi connectivity index (χ3v) is 3.99. The molecule has 21 heavy (non-hydrogen) atoms. The molecule has 0 spiro atoms. The molecule has 0 bridgehead atoms. The van der Waals surface area contributed by atoms with Gasteiger partial charge in [-0.3, -0.25) is 4.21 Å². The highest BCUT2D eigenvalue weighted by molar-refractivity contribution is 7.84. The van der Waals surface area contributed by atoms with Gasteiger partial charge in [0.05, 0.1) is 0 Å². The molecule has 120 valence electrons. The molecule has 1 heterocycles. The second-order valence-corrected chi connectivity index (χ2v) is 6.38. The molecule has 2 N–H and O–H groups in total. The number of hydrogen-bond acceptors (Lipinski definition) is 5. The molecule has 0 aliphatic heterocycles. The van der Waals surface area contributed by atoms with Crippen LogP contribution in [-0.2, 0) is 17.0 Å². The predicted octanol–water partition coefficient (Wildman–Crippen LogP) is 2.50.